The second-order valence-electron chi connectivity index (χ2n) is 5.10. The van der Waals surface area contributed by atoms with Crippen molar-refractivity contribution in [2.45, 2.75) is 46.3 Å². The molecule has 1 saturated heterocycles. The molecule has 0 bridgehead atoms. The minimum absolute atomic E-state index is 0.0318. The minimum atomic E-state index is -0.278. The second-order valence-corrected chi connectivity index (χ2v) is 5.10. The number of carbonyl (C=O) groups excluding carboxylic acids is 1. The fourth-order valence-electron chi connectivity index (χ4n) is 1.58. The van der Waals surface area contributed by atoms with E-state index < -0.39 is 0 Å². The summed E-state index contributed by atoms with van der Waals surface area (Å²) < 4.78 is 15.7. The first-order chi connectivity index (χ1) is 6.88. The Labute approximate surface area is 90.9 Å². The molecule has 0 aromatic heterocycles. The van der Waals surface area contributed by atoms with Crippen LogP contribution in [0.4, 0.5) is 0 Å². The molecule has 0 saturated carbocycles. The lowest BCUT2D eigenvalue weighted by Crippen LogP contribution is -2.31. The van der Waals surface area contributed by atoms with Gasteiger partial charge in [-0.05, 0) is 11.8 Å². The maximum absolute atomic E-state index is 10.7. The van der Waals surface area contributed by atoms with E-state index in [4.69, 9.17) is 14.2 Å². The molecule has 0 radical (unpaired) electrons. The molecule has 0 aromatic rings. The Morgan fingerprint density at radius 1 is 1.33 bits per heavy atom. The van der Waals surface area contributed by atoms with Crippen LogP contribution in [0, 0.1) is 5.41 Å². The largest absolute Gasteiger partial charge is 0.463 e. The monoisotopic (exact) mass is 216 g/mol. The molecule has 4 nitrogen and oxygen atoms in total. The SMILES string of the molecule is CC(=O)OC[C@@H]1OCOC1CC(C)(C)C. The molecule has 15 heavy (non-hydrogen) atoms. The summed E-state index contributed by atoms with van der Waals surface area (Å²) in [5, 5.41) is 0. The first-order valence-corrected chi connectivity index (χ1v) is 5.25. The summed E-state index contributed by atoms with van der Waals surface area (Å²) in [6, 6.07) is 0. The van der Waals surface area contributed by atoms with E-state index in [0.29, 0.717) is 6.79 Å². The first kappa shape index (κ1) is 12.5. The average molecular weight is 216 g/mol. The van der Waals surface area contributed by atoms with Crippen LogP contribution >= 0.6 is 0 Å². The molecule has 4 heteroatoms. The molecule has 0 aliphatic carbocycles. The Balaban J connectivity index is 2.39. The minimum Gasteiger partial charge on any atom is -0.463 e. The van der Waals surface area contributed by atoms with Crippen LogP contribution in [0.25, 0.3) is 0 Å². The Bertz CT molecular complexity index is 219. The molecule has 1 fully saturated rings. The van der Waals surface area contributed by atoms with Crippen LogP contribution in [0.2, 0.25) is 0 Å². The summed E-state index contributed by atoms with van der Waals surface area (Å²) >= 11 is 0. The number of carbonyl (C=O) groups is 1. The summed E-state index contributed by atoms with van der Waals surface area (Å²) in [6.07, 6.45) is 0.816. The molecule has 1 heterocycles. The lowest BCUT2D eigenvalue weighted by molar-refractivity contribution is -0.144. The van der Waals surface area contributed by atoms with Gasteiger partial charge in [0.15, 0.2) is 0 Å². The van der Waals surface area contributed by atoms with Crippen LogP contribution in [0.1, 0.15) is 34.1 Å². The highest BCUT2D eigenvalue weighted by Crippen LogP contribution is 2.27. The third-order valence-corrected chi connectivity index (χ3v) is 2.24. The van der Waals surface area contributed by atoms with Crippen LogP contribution in [0.5, 0.6) is 0 Å². The first-order valence-electron chi connectivity index (χ1n) is 5.25. The van der Waals surface area contributed by atoms with E-state index in [9.17, 15) is 4.79 Å². The molecular formula is C11H20O4. The van der Waals surface area contributed by atoms with Gasteiger partial charge < -0.3 is 14.2 Å². The molecule has 0 aromatic carbocycles. The highest BCUT2D eigenvalue weighted by Gasteiger charge is 2.33. The number of hydrogen-bond acceptors (Lipinski definition) is 4. The van der Waals surface area contributed by atoms with Gasteiger partial charge >= 0.3 is 5.97 Å². The van der Waals surface area contributed by atoms with Crippen molar-refractivity contribution >= 4 is 5.97 Å². The van der Waals surface area contributed by atoms with Crippen molar-refractivity contribution in [3.8, 4) is 0 Å². The van der Waals surface area contributed by atoms with Gasteiger partial charge in [-0.1, -0.05) is 20.8 Å². The summed E-state index contributed by atoms with van der Waals surface area (Å²) in [4.78, 5) is 10.7. The third-order valence-electron chi connectivity index (χ3n) is 2.24. The highest BCUT2D eigenvalue weighted by atomic mass is 16.7. The van der Waals surface area contributed by atoms with Crippen molar-refractivity contribution in [1.29, 1.82) is 0 Å². The predicted octanol–water partition coefficient (Wildman–Crippen LogP) is 1.73. The molecule has 1 rings (SSSR count). The normalized spacial score (nSPS) is 26.7. The Hall–Kier alpha value is -0.610. The van der Waals surface area contributed by atoms with E-state index in [-0.39, 0.29) is 30.2 Å². The Kier molecular flexibility index (Phi) is 4.11. The fraction of sp³-hybridized carbons (Fsp3) is 0.909. The van der Waals surface area contributed by atoms with Crippen LogP contribution in [-0.2, 0) is 19.0 Å². The molecule has 0 N–H and O–H groups in total. The van der Waals surface area contributed by atoms with Crippen molar-refractivity contribution in [2.24, 2.45) is 5.41 Å². The standard InChI is InChI=1S/C11H20O4/c1-8(12)13-6-10-9(14-7-15-10)5-11(2,3)4/h9-10H,5-7H2,1-4H3/t9?,10-/m0/s1. The summed E-state index contributed by atoms with van der Waals surface area (Å²) in [7, 11) is 0. The van der Waals surface area contributed by atoms with Gasteiger partial charge in [0.1, 0.15) is 19.5 Å². The number of hydrogen-bond donors (Lipinski definition) is 0. The molecule has 1 unspecified atom stereocenters. The van der Waals surface area contributed by atoms with Crippen molar-refractivity contribution in [1.82, 2.24) is 0 Å². The number of esters is 1. The molecule has 1 aliphatic heterocycles. The maximum atomic E-state index is 10.7. The van der Waals surface area contributed by atoms with Gasteiger partial charge in [-0.3, -0.25) is 4.79 Å². The van der Waals surface area contributed by atoms with Gasteiger partial charge in [-0.15, -0.1) is 0 Å². The van der Waals surface area contributed by atoms with Crippen LogP contribution in [0.3, 0.4) is 0 Å². The zero-order valence-corrected chi connectivity index (χ0v) is 9.91. The van der Waals surface area contributed by atoms with Crippen molar-refractivity contribution in [3.05, 3.63) is 0 Å². The lowest BCUT2D eigenvalue weighted by atomic mass is 9.87. The van der Waals surface area contributed by atoms with E-state index in [1.54, 1.807) is 0 Å². The lowest BCUT2D eigenvalue weighted by Gasteiger charge is -2.24. The van der Waals surface area contributed by atoms with Gasteiger partial charge in [0.25, 0.3) is 0 Å². The van der Waals surface area contributed by atoms with Crippen LogP contribution < -0.4 is 0 Å². The van der Waals surface area contributed by atoms with E-state index in [1.807, 2.05) is 0 Å². The molecule has 2 atom stereocenters. The zero-order valence-electron chi connectivity index (χ0n) is 9.91. The quantitative estimate of drug-likeness (QED) is 0.674. The van der Waals surface area contributed by atoms with Gasteiger partial charge in [0.2, 0.25) is 0 Å². The fourth-order valence-corrected chi connectivity index (χ4v) is 1.58. The van der Waals surface area contributed by atoms with Gasteiger partial charge in [-0.2, -0.15) is 0 Å². The zero-order chi connectivity index (χ0) is 11.5. The molecule has 0 amide bonds. The topological polar surface area (TPSA) is 44.8 Å². The predicted molar refractivity (Wildman–Crippen MR) is 55.3 cm³/mol. The van der Waals surface area contributed by atoms with Crippen molar-refractivity contribution in [3.63, 3.8) is 0 Å². The number of ether oxygens (including phenoxy) is 3. The maximum Gasteiger partial charge on any atom is 0.302 e. The Morgan fingerprint density at radius 2 is 1.93 bits per heavy atom. The second kappa shape index (κ2) is 4.94. The summed E-state index contributed by atoms with van der Waals surface area (Å²) in [6.45, 7) is 8.43. The van der Waals surface area contributed by atoms with Gasteiger partial charge in [0.05, 0.1) is 6.10 Å². The molecular weight excluding hydrogens is 196 g/mol. The van der Waals surface area contributed by atoms with E-state index in [1.165, 1.54) is 6.92 Å². The molecule has 88 valence electrons. The van der Waals surface area contributed by atoms with Gasteiger partial charge in [0, 0.05) is 6.92 Å². The van der Waals surface area contributed by atoms with E-state index in [0.717, 1.165) is 6.42 Å². The average Bonchev–Trinajstić information content (AvgIpc) is 2.45. The molecule has 0 spiro atoms. The summed E-state index contributed by atoms with van der Waals surface area (Å²) in [5.74, 6) is -0.278. The van der Waals surface area contributed by atoms with E-state index >= 15 is 0 Å². The highest BCUT2D eigenvalue weighted by molar-refractivity contribution is 5.65. The summed E-state index contributed by atoms with van der Waals surface area (Å²) in [5.41, 5.74) is 0.187. The van der Waals surface area contributed by atoms with Gasteiger partial charge in [-0.25, -0.2) is 0 Å². The Morgan fingerprint density at radius 3 is 2.47 bits per heavy atom. The number of rotatable bonds is 3. The van der Waals surface area contributed by atoms with Crippen LogP contribution in [-0.4, -0.2) is 31.6 Å². The van der Waals surface area contributed by atoms with Crippen molar-refractivity contribution in [2.75, 3.05) is 13.4 Å². The molecule has 1 aliphatic rings. The van der Waals surface area contributed by atoms with Crippen molar-refractivity contribution < 1.29 is 19.0 Å². The van der Waals surface area contributed by atoms with Crippen LogP contribution in [0.15, 0.2) is 0 Å². The smallest absolute Gasteiger partial charge is 0.302 e. The third kappa shape index (κ3) is 4.62. The van der Waals surface area contributed by atoms with E-state index in [2.05, 4.69) is 20.8 Å².